The van der Waals surface area contributed by atoms with Gasteiger partial charge in [-0.3, -0.25) is 4.79 Å². The molecule has 0 radical (unpaired) electrons. The number of halogens is 1. The summed E-state index contributed by atoms with van der Waals surface area (Å²) >= 11 is 6.12. The van der Waals surface area contributed by atoms with Gasteiger partial charge in [-0.2, -0.15) is 0 Å². The van der Waals surface area contributed by atoms with Crippen LogP contribution in [0.4, 0.5) is 0 Å². The lowest BCUT2D eigenvalue weighted by Crippen LogP contribution is -2.21. The van der Waals surface area contributed by atoms with Crippen molar-refractivity contribution in [1.82, 2.24) is 14.1 Å². The summed E-state index contributed by atoms with van der Waals surface area (Å²) in [6, 6.07) is 1.88. The molecule has 0 aromatic carbocycles. The Kier molecular flexibility index (Phi) is 4.36. The number of aromatic nitrogens is 3. The lowest BCUT2D eigenvalue weighted by Gasteiger charge is -2.23. The van der Waals surface area contributed by atoms with Gasteiger partial charge in [0, 0.05) is 50.3 Å². The number of ether oxygens (including phenoxy) is 1. The van der Waals surface area contributed by atoms with Gasteiger partial charge in [0.05, 0.1) is 0 Å². The summed E-state index contributed by atoms with van der Waals surface area (Å²) in [5.41, 5.74) is 1.63. The van der Waals surface area contributed by atoms with E-state index in [4.69, 9.17) is 16.3 Å². The van der Waals surface area contributed by atoms with Gasteiger partial charge in [-0.15, -0.1) is 0 Å². The fourth-order valence-corrected chi connectivity index (χ4v) is 3.16. The Morgan fingerprint density at radius 3 is 2.77 bits per heavy atom. The van der Waals surface area contributed by atoms with E-state index in [1.54, 1.807) is 11.6 Å². The molecule has 2 aromatic rings. The third-order valence-electron chi connectivity index (χ3n) is 4.16. The van der Waals surface area contributed by atoms with E-state index in [0.717, 1.165) is 44.0 Å². The summed E-state index contributed by atoms with van der Waals surface area (Å²) in [5.74, 6) is 1.39. The van der Waals surface area contributed by atoms with Crippen molar-refractivity contribution in [2.24, 2.45) is 13.0 Å². The minimum absolute atomic E-state index is 0.0115. The monoisotopic (exact) mass is 321 g/mol. The fourth-order valence-electron chi connectivity index (χ4n) is 2.96. The molecule has 3 heterocycles. The fraction of sp³-hybridized carbons (Fsp3) is 0.500. The van der Waals surface area contributed by atoms with Crippen molar-refractivity contribution in [3.8, 4) is 11.4 Å². The van der Waals surface area contributed by atoms with Crippen LogP contribution in [0.15, 0.2) is 23.3 Å². The minimum atomic E-state index is 0.0115. The molecular weight excluding hydrogens is 302 g/mol. The topological polar surface area (TPSA) is 49.0 Å². The average molecular weight is 322 g/mol. The van der Waals surface area contributed by atoms with Crippen molar-refractivity contribution in [3.63, 3.8) is 0 Å². The third kappa shape index (κ3) is 3.10. The zero-order chi connectivity index (χ0) is 15.7. The molecule has 1 aliphatic heterocycles. The normalized spacial score (nSPS) is 16.1. The summed E-state index contributed by atoms with van der Waals surface area (Å²) in [6.45, 7) is 4.34. The van der Waals surface area contributed by atoms with Gasteiger partial charge >= 0.3 is 0 Å². The summed E-state index contributed by atoms with van der Waals surface area (Å²) in [4.78, 5) is 16.3. The van der Waals surface area contributed by atoms with Crippen molar-refractivity contribution in [1.29, 1.82) is 0 Å². The van der Waals surface area contributed by atoms with Crippen LogP contribution in [0.2, 0.25) is 5.15 Å². The first-order valence-corrected chi connectivity index (χ1v) is 7.90. The molecule has 0 spiro atoms. The second kappa shape index (κ2) is 6.26. The van der Waals surface area contributed by atoms with E-state index in [-0.39, 0.29) is 5.56 Å². The predicted octanol–water partition coefficient (Wildman–Crippen LogP) is 2.64. The lowest BCUT2D eigenvalue weighted by molar-refractivity contribution is 0.0614. The second-order valence-electron chi connectivity index (χ2n) is 5.92. The van der Waals surface area contributed by atoms with Crippen molar-refractivity contribution in [2.45, 2.75) is 26.3 Å². The van der Waals surface area contributed by atoms with Gasteiger partial charge in [0.2, 0.25) is 0 Å². The largest absolute Gasteiger partial charge is 0.381 e. The van der Waals surface area contributed by atoms with Crippen LogP contribution < -0.4 is 5.56 Å². The van der Waals surface area contributed by atoms with Crippen LogP contribution >= 0.6 is 11.6 Å². The van der Waals surface area contributed by atoms with Crippen LogP contribution in [-0.4, -0.2) is 27.3 Å². The molecule has 0 amide bonds. The molecule has 0 atom stereocenters. The molecule has 118 valence electrons. The molecule has 0 N–H and O–H groups in total. The second-order valence-corrected chi connectivity index (χ2v) is 6.31. The average Bonchev–Trinajstić information content (AvgIpc) is 2.86. The Hall–Kier alpha value is -1.59. The molecule has 3 rings (SSSR count). The Morgan fingerprint density at radius 1 is 1.36 bits per heavy atom. The highest BCUT2D eigenvalue weighted by Gasteiger charge is 2.18. The first-order chi connectivity index (χ1) is 10.5. The SMILES string of the molecule is Cc1cc(-c2nc(Cl)cn2CC2CCOCC2)cn(C)c1=O. The maximum absolute atomic E-state index is 11.9. The summed E-state index contributed by atoms with van der Waals surface area (Å²) in [7, 11) is 1.76. The third-order valence-corrected chi connectivity index (χ3v) is 4.35. The van der Waals surface area contributed by atoms with Crippen molar-refractivity contribution in [2.75, 3.05) is 13.2 Å². The summed E-state index contributed by atoms with van der Waals surface area (Å²) in [5, 5.41) is 0.480. The smallest absolute Gasteiger partial charge is 0.253 e. The van der Waals surface area contributed by atoms with E-state index in [1.165, 1.54) is 0 Å². The van der Waals surface area contributed by atoms with E-state index in [0.29, 0.717) is 16.6 Å². The van der Waals surface area contributed by atoms with E-state index >= 15 is 0 Å². The Bertz CT molecular complexity index is 703. The zero-order valence-corrected chi connectivity index (χ0v) is 13.6. The van der Waals surface area contributed by atoms with E-state index < -0.39 is 0 Å². The first-order valence-electron chi connectivity index (χ1n) is 7.52. The molecule has 0 bridgehead atoms. The molecule has 6 heteroatoms. The minimum Gasteiger partial charge on any atom is -0.381 e. The molecule has 0 saturated carbocycles. The van der Waals surface area contributed by atoms with Crippen LogP contribution in [-0.2, 0) is 18.3 Å². The molecule has 5 nitrogen and oxygen atoms in total. The number of hydrogen-bond donors (Lipinski definition) is 0. The Balaban J connectivity index is 1.95. The number of hydrogen-bond acceptors (Lipinski definition) is 3. The van der Waals surface area contributed by atoms with Gasteiger partial charge in [0.15, 0.2) is 0 Å². The van der Waals surface area contributed by atoms with Crippen molar-refractivity contribution in [3.05, 3.63) is 39.5 Å². The highest BCUT2D eigenvalue weighted by molar-refractivity contribution is 6.29. The van der Waals surface area contributed by atoms with Crippen LogP contribution in [0.25, 0.3) is 11.4 Å². The van der Waals surface area contributed by atoms with Gasteiger partial charge < -0.3 is 13.9 Å². The molecule has 0 unspecified atom stereocenters. The lowest BCUT2D eigenvalue weighted by atomic mass is 10.0. The van der Waals surface area contributed by atoms with Gasteiger partial charge in [0.25, 0.3) is 5.56 Å². The summed E-state index contributed by atoms with van der Waals surface area (Å²) in [6.07, 6.45) is 5.80. The van der Waals surface area contributed by atoms with Crippen molar-refractivity contribution < 1.29 is 4.74 Å². The van der Waals surface area contributed by atoms with Gasteiger partial charge in [-0.1, -0.05) is 11.6 Å². The van der Waals surface area contributed by atoms with E-state index in [9.17, 15) is 4.79 Å². The van der Waals surface area contributed by atoms with E-state index in [1.807, 2.05) is 25.4 Å². The molecule has 2 aromatic heterocycles. The summed E-state index contributed by atoms with van der Waals surface area (Å²) < 4.78 is 9.10. The van der Waals surface area contributed by atoms with Crippen LogP contribution in [0.1, 0.15) is 18.4 Å². The number of pyridine rings is 1. The molecule has 22 heavy (non-hydrogen) atoms. The molecule has 1 fully saturated rings. The quantitative estimate of drug-likeness (QED) is 0.873. The standard InChI is InChI=1S/C16H20ClN3O2/c1-11-7-13(9-19(2)16(11)21)15-18-14(17)10-20(15)8-12-3-5-22-6-4-12/h7,9-10,12H,3-6,8H2,1-2H3. The first kappa shape index (κ1) is 15.3. The van der Waals surface area contributed by atoms with Crippen LogP contribution in [0.3, 0.4) is 0 Å². The Labute approximate surface area is 134 Å². The predicted molar refractivity (Wildman–Crippen MR) is 86.2 cm³/mol. The number of imidazole rings is 1. The molecule has 0 aliphatic carbocycles. The number of aryl methyl sites for hydroxylation is 2. The maximum Gasteiger partial charge on any atom is 0.253 e. The van der Waals surface area contributed by atoms with Crippen LogP contribution in [0.5, 0.6) is 0 Å². The maximum atomic E-state index is 11.9. The molecular formula is C16H20ClN3O2. The number of nitrogens with zero attached hydrogens (tertiary/aromatic N) is 3. The highest BCUT2D eigenvalue weighted by Crippen LogP contribution is 2.25. The van der Waals surface area contributed by atoms with E-state index in [2.05, 4.69) is 9.55 Å². The molecule has 1 saturated heterocycles. The number of rotatable bonds is 3. The van der Waals surface area contributed by atoms with Crippen molar-refractivity contribution >= 4 is 11.6 Å². The Morgan fingerprint density at radius 2 is 2.09 bits per heavy atom. The highest BCUT2D eigenvalue weighted by atomic mass is 35.5. The van der Waals surface area contributed by atoms with Gasteiger partial charge in [-0.05, 0) is 31.7 Å². The van der Waals surface area contributed by atoms with Gasteiger partial charge in [0.1, 0.15) is 11.0 Å². The zero-order valence-electron chi connectivity index (χ0n) is 12.9. The van der Waals surface area contributed by atoms with Crippen LogP contribution in [0, 0.1) is 12.8 Å². The van der Waals surface area contributed by atoms with Gasteiger partial charge in [-0.25, -0.2) is 4.98 Å². The molecule has 1 aliphatic rings.